The van der Waals surface area contributed by atoms with E-state index in [1.54, 1.807) is 0 Å². The van der Waals surface area contributed by atoms with E-state index in [2.05, 4.69) is 10.6 Å². The van der Waals surface area contributed by atoms with E-state index in [1.807, 2.05) is 0 Å². The summed E-state index contributed by atoms with van der Waals surface area (Å²) in [7, 11) is 0. The highest BCUT2D eigenvalue weighted by molar-refractivity contribution is 5.18. The van der Waals surface area contributed by atoms with Crippen molar-refractivity contribution in [1.29, 1.82) is 0 Å². The zero-order chi connectivity index (χ0) is 12.1. The van der Waals surface area contributed by atoms with Gasteiger partial charge in [0.25, 0.3) is 0 Å². The number of hydrogen-bond acceptors (Lipinski definition) is 2. The number of benzene rings is 1. The van der Waals surface area contributed by atoms with Crippen LogP contribution in [-0.2, 0) is 6.54 Å². The molecule has 1 saturated heterocycles. The Hall–Kier alpha value is -1.00. The van der Waals surface area contributed by atoms with Crippen molar-refractivity contribution < 1.29 is 8.78 Å². The van der Waals surface area contributed by atoms with Crippen LogP contribution in [0.15, 0.2) is 18.2 Å². The third kappa shape index (κ3) is 3.75. The van der Waals surface area contributed by atoms with Crippen molar-refractivity contribution in [3.63, 3.8) is 0 Å². The van der Waals surface area contributed by atoms with Crippen molar-refractivity contribution in [3.05, 3.63) is 35.4 Å². The van der Waals surface area contributed by atoms with Crippen molar-refractivity contribution in [2.24, 2.45) is 0 Å². The molecule has 1 aliphatic rings. The van der Waals surface area contributed by atoms with Crippen molar-refractivity contribution in [3.8, 4) is 0 Å². The summed E-state index contributed by atoms with van der Waals surface area (Å²) in [6, 6.07) is 4.19. The second kappa shape index (κ2) is 6.07. The predicted molar refractivity (Wildman–Crippen MR) is 63.7 cm³/mol. The first-order chi connectivity index (χ1) is 8.25. The molecule has 17 heavy (non-hydrogen) atoms. The van der Waals surface area contributed by atoms with Crippen LogP contribution in [0.2, 0.25) is 0 Å². The highest BCUT2D eigenvalue weighted by Gasteiger charge is 2.12. The first-order valence-electron chi connectivity index (χ1n) is 6.14. The van der Waals surface area contributed by atoms with Crippen molar-refractivity contribution in [2.75, 3.05) is 13.1 Å². The molecule has 0 saturated carbocycles. The van der Waals surface area contributed by atoms with Gasteiger partial charge in [-0.3, -0.25) is 0 Å². The molecule has 1 aromatic rings. The molecule has 4 heteroatoms. The van der Waals surface area contributed by atoms with Gasteiger partial charge in [0.15, 0.2) is 0 Å². The van der Waals surface area contributed by atoms with Gasteiger partial charge < -0.3 is 10.6 Å². The van der Waals surface area contributed by atoms with E-state index >= 15 is 0 Å². The standard InChI is InChI=1S/C13H18F2N2/c14-11-5-4-10(13(15)7-11)8-16-9-12-3-1-2-6-17-12/h4-5,7,12,16-17H,1-3,6,8-9H2. The number of halogens is 2. The maximum Gasteiger partial charge on any atom is 0.130 e. The maximum atomic E-state index is 13.3. The van der Waals surface area contributed by atoms with E-state index in [1.165, 1.54) is 31.4 Å². The lowest BCUT2D eigenvalue weighted by Crippen LogP contribution is -2.41. The molecular weight excluding hydrogens is 222 g/mol. The second-order valence-electron chi connectivity index (χ2n) is 4.51. The van der Waals surface area contributed by atoms with Crippen molar-refractivity contribution >= 4 is 0 Å². The second-order valence-corrected chi connectivity index (χ2v) is 4.51. The van der Waals surface area contributed by atoms with Gasteiger partial charge in [-0.05, 0) is 25.5 Å². The molecular formula is C13H18F2N2. The molecule has 2 rings (SSSR count). The van der Waals surface area contributed by atoms with Crippen LogP contribution in [0.5, 0.6) is 0 Å². The van der Waals surface area contributed by atoms with Gasteiger partial charge in [0.2, 0.25) is 0 Å². The monoisotopic (exact) mass is 240 g/mol. The molecule has 94 valence electrons. The topological polar surface area (TPSA) is 24.1 Å². The zero-order valence-corrected chi connectivity index (χ0v) is 9.81. The van der Waals surface area contributed by atoms with Crippen LogP contribution < -0.4 is 10.6 Å². The van der Waals surface area contributed by atoms with Gasteiger partial charge in [0.1, 0.15) is 11.6 Å². The van der Waals surface area contributed by atoms with Crippen LogP contribution in [0, 0.1) is 11.6 Å². The summed E-state index contributed by atoms with van der Waals surface area (Å²) in [6.45, 7) is 2.35. The summed E-state index contributed by atoms with van der Waals surface area (Å²) in [5.74, 6) is -1.01. The molecule has 1 fully saturated rings. The molecule has 1 heterocycles. The number of hydrogen-bond donors (Lipinski definition) is 2. The lowest BCUT2D eigenvalue weighted by Gasteiger charge is -2.23. The highest BCUT2D eigenvalue weighted by Crippen LogP contribution is 2.10. The van der Waals surface area contributed by atoms with Gasteiger partial charge >= 0.3 is 0 Å². The summed E-state index contributed by atoms with van der Waals surface area (Å²) in [5.41, 5.74) is 0.516. The van der Waals surface area contributed by atoms with Crippen LogP contribution in [0.25, 0.3) is 0 Å². The Balaban J connectivity index is 1.77. The summed E-state index contributed by atoms with van der Waals surface area (Å²) in [4.78, 5) is 0. The molecule has 0 amide bonds. The minimum atomic E-state index is -0.528. The quantitative estimate of drug-likeness (QED) is 0.843. The fourth-order valence-electron chi connectivity index (χ4n) is 2.14. The minimum absolute atomic E-state index is 0.449. The van der Waals surface area contributed by atoms with Gasteiger partial charge in [0, 0.05) is 30.8 Å². The van der Waals surface area contributed by atoms with Gasteiger partial charge in [0.05, 0.1) is 0 Å². The minimum Gasteiger partial charge on any atom is -0.313 e. The van der Waals surface area contributed by atoms with E-state index < -0.39 is 11.6 Å². The molecule has 0 radical (unpaired) electrons. The zero-order valence-electron chi connectivity index (χ0n) is 9.81. The number of rotatable bonds is 4. The van der Waals surface area contributed by atoms with Crippen molar-refractivity contribution in [1.82, 2.24) is 10.6 Å². The fourth-order valence-corrected chi connectivity index (χ4v) is 2.14. The molecule has 1 aliphatic heterocycles. The summed E-state index contributed by atoms with van der Waals surface area (Å²) >= 11 is 0. The normalized spacial score (nSPS) is 20.5. The van der Waals surface area contributed by atoms with E-state index in [-0.39, 0.29) is 0 Å². The Bertz CT molecular complexity index is 362. The SMILES string of the molecule is Fc1ccc(CNCC2CCCCN2)c(F)c1. The van der Waals surface area contributed by atoms with Gasteiger partial charge in [-0.2, -0.15) is 0 Å². The van der Waals surface area contributed by atoms with E-state index in [0.717, 1.165) is 19.2 Å². The van der Waals surface area contributed by atoms with Crippen LogP contribution in [-0.4, -0.2) is 19.1 Å². The maximum absolute atomic E-state index is 13.3. The first kappa shape index (κ1) is 12.5. The lowest BCUT2D eigenvalue weighted by molar-refractivity contribution is 0.382. The molecule has 0 bridgehead atoms. The number of nitrogens with one attached hydrogen (secondary N) is 2. The largest absolute Gasteiger partial charge is 0.313 e. The summed E-state index contributed by atoms with van der Waals surface area (Å²) in [6.07, 6.45) is 3.66. The van der Waals surface area contributed by atoms with Gasteiger partial charge in [-0.1, -0.05) is 12.5 Å². The molecule has 1 unspecified atom stereocenters. The van der Waals surface area contributed by atoms with Crippen LogP contribution >= 0.6 is 0 Å². The van der Waals surface area contributed by atoms with Gasteiger partial charge in [-0.15, -0.1) is 0 Å². The predicted octanol–water partition coefficient (Wildman–Crippen LogP) is 2.20. The third-order valence-corrected chi connectivity index (χ3v) is 3.13. The third-order valence-electron chi connectivity index (χ3n) is 3.13. The smallest absolute Gasteiger partial charge is 0.130 e. The Morgan fingerprint density at radius 3 is 2.88 bits per heavy atom. The molecule has 2 nitrogen and oxygen atoms in total. The van der Waals surface area contributed by atoms with Crippen molar-refractivity contribution in [2.45, 2.75) is 31.8 Å². The summed E-state index contributed by atoms with van der Waals surface area (Å²) < 4.78 is 26.0. The van der Waals surface area contributed by atoms with Crippen LogP contribution in [0.1, 0.15) is 24.8 Å². The van der Waals surface area contributed by atoms with E-state index in [0.29, 0.717) is 18.2 Å². The Morgan fingerprint density at radius 2 is 2.18 bits per heavy atom. The average Bonchev–Trinajstić information content (AvgIpc) is 2.33. The Labute approximate surface area is 100 Å². The fraction of sp³-hybridized carbons (Fsp3) is 0.538. The molecule has 0 spiro atoms. The van der Waals surface area contributed by atoms with Gasteiger partial charge in [-0.25, -0.2) is 8.78 Å². The van der Waals surface area contributed by atoms with E-state index in [4.69, 9.17) is 0 Å². The first-order valence-corrected chi connectivity index (χ1v) is 6.14. The van der Waals surface area contributed by atoms with E-state index in [9.17, 15) is 8.78 Å². The number of piperidine rings is 1. The molecule has 1 atom stereocenters. The average molecular weight is 240 g/mol. The molecule has 2 N–H and O–H groups in total. The van der Waals surface area contributed by atoms with Crippen LogP contribution in [0.3, 0.4) is 0 Å². The Kier molecular flexibility index (Phi) is 4.45. The summed E-state index contributed by atoms with van der Waals surface area (Å²) in [5, 5.41) is 6.62. The molecule has 0 aliphatic carbocycles. The molecule has 1 aromatic carbocycles. The Morgan fingerprint density at radius 1 is 1.29 bits per heavy atom. The highest BCUT2D eigenvalue weighted by atomic mass is 19.1. The molecule has 0 aromatic heterocycles. The lowest BCUT2D eigenvalue weighted by atomic mass is 10.1. The van der Waals surface area contributed by atoms with Crippen LogP contribution in [0.4, 0.5) is 8.78 Å².